The summed E-state index contributed by atoms with van der Waals surface area (Å²) in [7, 11) is 0. The molecule has 0 heterocycles. The zero-order valence-corrected chi connectivity index (χ0v) is 14.8. The van der Waals surface area contributed by atoms with Crippen LogP contribution in [0.3, 0.4) is 0 Å². The maximum Gasteiger partial charge on any atom is 0.224 e. The van der Waals surface area contributed by atoms with Gasteiger partial charge in [0.1, 0.15) is 11.4 Å². The van der Waals surface area contributed by atoms with E-state index in [1.807, 2.05) is 27.7 Å². The highest BCUT2D eigenvalue weighted by Gasteiger charge is 2.17. The van der Waals surface area contributed by atoms with Crippen LogP contribution in [0.5, 0.6) is 0 Å². The molecule has 22 heavy (non-hydrogen) atoms. The minimum Gasteiger partial charge on any atom is -0.481 e. The second-order valence-electron chi connectivity index (χ2n) is 5.98. The highest BCUT2D eigenvalue weighted by atomic mass is 35.5. The summed E-state index contributed by atoms with van der Waals surface area (Å²) in [5, 5.41) is 3.17. The third-order valence-corrected chi connectivity index (χ3v) is 3.22. The van der Waals surface area contributed by atoms with Gasteiger partial charge < -0.3 is 10.1 Å². The van der Waals surface area contributed by atoms with E-state index in [4.69, 9.17) is 28.6 Å². The molecule has 0 fully saturated rings. The summed E-state index contributed by atoms with van der Waals surface area (Å²) in [5.41, 5.74) is 0.322. The van der Waals surface area contributed by atoms with Gasteiger partial charge in [-0.2, -0.15) is 0 Å². The molecule has 0 saturated carbocycles. The predicted octanol–water partition coefficient (Wildman–Crippen LogP) is 4.90. The molecule has 0 bridgehead atoms. The first kappa shape index (κ1) is 18.8. The molecular weight excluding hydrogens is 325 g/mol. The summed E-state index contributed by atoms with van der Waals surface area (Å²) in [6.45, 7) is 7.55. The Bertz CT molecular complexity index is 570. The molecule has 122 valence electrons. The van der Waals surface area contributed by atoms with Crippen molar-refractivity contribution in [2.24, 2.45) is 0 Å². The Morgan fingerprint density at radius 1 is 1.41 bits per heavy atom. The fourth-order valence-corrected chi connectivity index (χ4v) is 2.42. The molecule has 0 aliphatic carbocycles. The number of carbonyl (C=O) groups excluding carboxylic acids is 1. The topological polar surface area (TPSA) is 38.3 Å². The van der Waals surface area contributed by atoms with E-state index in [1.165, 1.54) is 12.1 Å². The van der Waals surface area contributed by atoms with Gasteiger partial charge in [0.05, 0.1) is 5.69 Å². The van der Waals surface area contributed by atoms with Gasteiger partial charge in [0.2, 0.25) is 5.91 Å². The number of carbonyl (C=O) groups is 1. The average molecular weight is 346 g/mol. The molecule has 1 aromatic rings. The number of rotatable bonds is 5. The van der Waals surface area contributed by atoms with Gasteiger partial charge in [-0.15, -0.1) is 0 Å². The average Bonchev–Trinajstić information content (AvgIpc) is 2.33. The number of thiocarbonyl (C=S) groups is 1. The van der Waals surface area contributed by atoms with Crippen molar-refractivity contribution in [1.82, 2.24) is 0 Å². The van der Waals surface area contributed by atoms with Gasteiger partial charge in [-0.05, 0) is 57.1 Å². The molecule has 1 rings (SSSR count). The van der Waals surface area contributed by atoms with E-state index in [-0.39, 0.29) is 23.0 Å². The molecule has 1 N–H and O–H groups in total. The third-order valence-electron chi connectivity index (χ3n) is 2.64. The molecule has 0 aliphatic heterocycles. The molecular formula is C16H21ClFNO2S. The van der Waals surface area contributed by atoms with Crippen LogP contribution in [0.15, 0.2) is 12.1 Å². The molecule has 0 aromatic heterocycles. The molecule has 3 nitrogen and oxygen atoms in total. The summed E-state index contributed by atoms with van der Waals surface area (Å²) in [6, 6.07) is 2.68. The second-order valence-corrected chi connectivity index (χ2v) is 6.85. The lowest BCUT2D eigenvalue weighted by molar-refractivity contribution is -0.116. The van der Waals surface area contributed by atoms with Gasteiger partial charge in [0.25, 0.3) is 0 Å². The van der Waals surface area contributed by atoms with Crippen molar-refractivity contribution in [1.29, 1.82) is 0 Å². The summed E-state index contributed by atoms with van der Waals surface area (Å²) >= 11 is 11.2. The van der Waals surface area contributed by atoms with Gasteiger partial charge in [-0.25, -0.2) is 4.39 Å². The van der Waals surface area contributed by atoms with Crippen LogP contribution in [0.4, 0.5) is 10.1 Å². The Hall–Kier alpha value is -1.20. The SMILES string of the molecule is CCCC(=O)Nc1cc(CC(=S)OC(C)(C)C)c(Cl)cc1F. The van der Waals surface area contributed by atoms with Crippen molar-refractivity contribution in [3.8, 4) is 0 Å². The summed E-state index contributed by atoms with van der Waals surface area (Å²) in [4.78, 5) is 11.6. The van der Waals surface area contributed by atoms with Crippen molar-refractivity contribution < 1.29 is 13.9 Å². The van der Waals surface area contributed by atoms with E-state index in [0.717, 1.165) is 0 Å². The fourth-order valence-electron chi connectivity index (χ4n) is 1.80. The van der Waals surface area contributed by atoms with Crippen LogP contribution in [0.2, 0.25) is 5.02 Å². The summed E-state index contributed by atoms with van der Waals surface area (Å²) in [5.74, 6) is -0.802. The first-order chi connectivity index (χ1) is 10.1. The molecule has 0 unspecified atom stereocenters. The highest BCUT2D eigenvalue weighted by molar-refractivity contribution is 7.80. The predicted molar refractivity (Wildman–Crippen MR) is 92.1 cm³/mol. The lowest BCUT2D eigenvalue weighted by Crippen LogP contribution is -2.24. The lowest BCUT2D eigenvalue weighted by Gasteiger charge is -2.22. The highest BCUT2D eigenvalue weighted by Crippen LogP contribution is 2.26. The van der Waals surface area contributed by atoms with E-state index in [0.29, 0.717) is 23.5 Å². The molecule has 0 spiro atoms. The second kappa shape index (κ2) is 7.88. The van der Waals surface area contributed by atoms with Crippen LogP contribution in [-0.4, -0.2) is 16.6 Å². The van der Waals surface area contributed by atoms with E-state index in [1.54, 1.807) is 0 Å². The normalized spacial score (nSPS) is 11.2. The number of benzene rings is 1. The number of amides is 1. The van der Waals surface area contributed by atoms with Crippen molar-refractivity contribution >= 4 is 40.5 Å². The largest absolute Gasteiger partial charge is 0.481 e. The maximum atomic E-state index is 13.9. The molecule has 1 aromatic carbocycles. The zero-order valence-electron chi connectivity index (χ0n) is 13.3. The van der Waals surface area contributed by atoms with Crippen molar-refractivity contribution in [3.63, 3.8) is 0 Å². The van der Waals surface area contributed by atoms with Crippen molar-refractivity contribution in [3.05, 3.63) is 28.5 Å². The van der Waals surface area contributed by atoms with Gasteiger partial charge in [0.15, 0.2) is 5.05 Å². The van der Waals surface area contributed by atoms with Crippen LogP contribution in [0, 0.1) is 5.82 Å². The number of anilines is 1. The number of hydrogen-bond acceptors (Lipinski definition) is 3. The summed E-state index contributed by atoms with van der Waals surface area (Å²) in [6.07, 6.45) is 1.31. The van der Waals surface area contributed by atoms with E-state index >= 15 is 0 Å². The Morgan fingerprint density at radius 3 is 2.59 bits per heavy atom. The molecule has 0 radical (unpaired) electrons. The maximum absolute atomic E-state index is 13.9. The number of hydrogen-bond donors (Lipinski definition) is 1. The first-order valence-electron chi connectivity index (χ1n) is 7.12. The van der Waals surface area contributed by atoms with Crippen LogP contribution < -0.4 is 5.32 Å². The van der Waals surface area contributed by atoms with Crippen LogP contribution in [0.1, 0.15) is 46.1 Å². The van der Waals surface area contributed by atoms with Crippen molar-refractivity contribution in [2.45, 2.75) is 52.6 Å². The monoisotopic (exact) mass is 345 g/mol. The van der Waals surface area contributed by atoms with Crippen LogP contribution >= 0.6 is 23.8 Å². The van der Waals surface area contributed by atoms with Crippen LogP contribution in [0.25, 0.3) is 0 Å². The molecule has 6 heteroatoms. The number of nitrogens with one attached hydrogen (secondary N) is 1. The molecule has 0 aliphatic rings. The molecule has 0 saturated heterocycles. The Balaban J connectivity index is 2.91. The molecule has 1 amide bonds. The first-order valence-corrected chi connectivity index (χ1v) is 7.90. The van der Waals surface area contributed by atoms with E-state index in [2.05, 4.69) is 5.32 Å². The zero-order chi connectivity index (χ0) is 16.9. The van der Waals surface area contributed by atoms with E-state index in [9.17, 15) is 9.18 Å². The standard InChI is InChI=1S/C16H21ClFNO2S/c1-5-6-14(20)19-13-7-10(11(17)9-12(13)18)8-15(22)21-16(2,3)4/h7,9H,5-6,8H2,1-4H3,(H,19,20). The quantitative estimate of drug-likeness (QED) is 0.771. The van der Waals surface area contributed by atoms with Crippen LogP contribution in [-0.2, 0) is 16.0 Å². The number of halogens is 2. The van der Waals surface area contributed by atoms with Gasteiger partial charge in [-0.1, -0.05) is 18.5 Å². The van der Waals surface area contributed by atoms with Gasteiger partial charge in [-0.3, -0.25) is 4.79 Å². The minimum absolute atomic E-state index is 0.108. The lowest BCUT2D eigenvalue weighted by atomic mass is 10.1. The van der Waals surface area contributed by atoms with Crippen molar-refractivity contribution in [2.75, 3.05) is 5.32 Å². The smallest absolute Gasteiger partial charge is 0.224 e. The Morgan fingerprint density at radius 2 is 2.05 bits per heavy atom. The van der Waals surface area contributed by atoms with Gasteiger partial charge >= 0.3 is 0 Å². The third kappa shape index (κ3) is 6.28. The Labute approximate surface area is 141 Å². The van der Waals surface area contributed by atoms with Gasteiger partial charge in [0, 0.05) is 17.9 Å². The molecule has 0 atom stereocenters. The summed E-state index contributed by atoms with van der Waals surface area (Å²) < 4.78 is 19.5. The number of ether oxygens (including phenoxy) is 1. The minimum atomic E-state index is -0.569. The Kier molecular flexibility index (Phi) is 6.75. The van der Waals surface area contributed by atoms with E-state index < -0.39 is 11.4 Å². The fraction of sp³-hybridized carbons (Fsp3) is 0.500.